The van der Waals surface area contributed by atoms with Gasteiger partial charge in [-0.05, 0) is 37.5 Å². The Hall–Kier alpha value is -0.130. The van der Waals surface area contributed by atoms with Gasteiger partial charge in [0.05, 0.1) is 5.25 Å². The Kier molecular flexibility index (Phi) is 3.56. The molecule has 0 unspecified atom stereocenters. The van der Waals surface area contributed by atoms with Crippen molar-refractivity contribution in [1.82, 2.24) is 4.72 Å². The molecule has 2 rings (SSSR count). The Bertz CT molecular complexity index is 329. The van der Waals surface area contributed by atoms with E-state index >= 15 is 0 Å². The molecule has 0 amide bonds. The van der Waals surface area contributed by atoms with Gasteiger partial charge in [-0.1, -0.05) is 12.8 Å². The molecule has 0 bridgehead atoms. The van der Waals surface area contributed by atoms with Gasteiger partial charge < -0.3 is 5.11 Å². The summed E-state index contributed by atoms with van der Waals surface area (Å²) in [6.45, 7) is 0.678. The number of nitrogens with one attached hydrogen (secondary N) is 1. The Morgan fingerprint density at radius 1 is 1.25 bits per heavy atom. The van der Waals surface area contributed by atoms with Crippen LogP contribution >= 0.6 is 0 Å². The topological polar surface area (TPSA) is 66.4 Å². The molecule has 16 heavy (non-hydrogen) atoms. The molecule has 4 nitrogen and oxygen atoms in total. The van der Waals surface area contributed by atoms with Gasteiger partial charge in [-0.25, -0.2) is 13.1 Å². The molecule has 0 atom stereocenters. The van der Waals surface area contributed by atoms with Gasteiger partial charge in [0, 0.05) is 13.2 Å². The first-order valence-corrected chi connectivity index (χ1v) is 7.72. The molecule has 0 heterocycles. The fourth-order valence-corrected chi connectivity index (χ4v) is 4.20. The van der Waals surface area contributed by atoms with Crippen LogP contribution in [-0.2, 0) is 10.0 Å². The van der Waals surface area contributed by atoms with Crippen LogP contribution in [0.2, 0.25) is 0 Å². The largest absolute Gasteiger partial charge is 0.396 e. The zero-order chi connectivity index (χ0) is 11.6. The summed E-state index contributed by atoms with van der Waals surface area (Å²) in [4.78, 5) is 0. The average molecular weight is 247 g/mol. The average Bonchev–Trinajstić information content (AvgIpc) is 2.81. The smallest absolute Gasteiger partial charge is 0.214 e. The van der Waals surface area contributed by atoms with Crippen molar-refractivity contribution in [2.45, 2.75) is 50.2 Å². The molecule has 0 aliphatic heterocycles. The van der Waals surface area contributed by atoms with Crippen LogP contribution in [0.1, 0.15) is 44.9 Å². The van der Waals surface area contributed by atoms with E-state index in [4.69, 9.17) is 5.11 Å². The van der Waals surface area contributed by atoms with Gasteiger partial charge in [0.15, 0.2) is 0 Å². The second-order valence-corrected chi connectivity index (χ2v) is 7.29. The summed E-state index contributed by atoms with van der Waals surface area (Å²) in [6.07, 6.45) is 6.49. The minimum absolute atomic E-state index is 0.0699. The van der Waals surface area contributed by atoms with E-state index in [9.17, 15) is 8.42 Å². The highest BCUT2D eigenvalue weighted by atomic mass is 32.2. The van der Waals surface area contributed by atoms with Crippen LogP contribution in [0.5, 0.6) is 0 Å². The van der Waals surface area contributed by atoms with Crippen molar-refractivity contribution in [3.63, 3.8) is 0 Å². The highest BCUT2D eigenvalue weighted by Gasteiger charge is 2.43. The lowest BCUT2D eigenvalue weighted by Gasteiger charge is -2.17. The van der Waals surface area contributed by atoms with Gasteiger partial charge in [-0.15, -0.1) is 0 Å². The molecule has 2 saturated carbocycles. The number of sulfonamides is 1. The van der Waals surface area contributed by atoms with Gasteiger partial charge in [0.1, 0.15) is 0 Å². The van der Waals surface area contributed by atoms with Crippen LogP contribution in [0, 0.1) is 5.41 Å². The quantitative estimate of drug-likeness (QED) is 0.736. The van der Waals surface area contributed by atoms with E-state index in [0.717, 1.165) is 44.9 Å². The Labute approximate surface area is 97.5 Å². The second-order valence-electron chi connectivity index (χ2n) is 5.25. The standard InChI is InChI=1S/C11H21NO3S/c13-8-7-11(5-6-11)9-12-16(14,15)10-3-1-2-4-10/h10,12-13H,1-9H2. The van der Waals surface area contributed by atoms with E-state index in [-0.39, 0.29) is 17.3 Å². The fraction of sp³-hybridized carbons (Fsp3) is 1.00. The van der Waals surface area contributed by atoms with Crippen molar-refractivity contribution in [2.24, 2.45) is 5.41 Å². The Morgan fingerprint density at radius 3 is 2.38 bits per heavy atom. The summed E-state index contributed by atoms with van der Waals surface area (Å²) in [5, 5.41) is 8.74. The molecule has 0 aromatic heterocycles. The van der Waals surface area contributed by atoms with Gasteiger partial charge in [-0.2, -0.15) is 0 Å². The lowest BCUT2D eigenvalue weighted by atomic mass is 10.0. The molecular weight excluding hydrogens is 226 g/mol. The van der Waals surface area contributed by atoms with Crippen molar-refractivity contribution in [3.05, 3.63) is 0 Å². The molecule has 2 aliphatic carbocycles. The van der Waals surface area contributed by atoms with Gasteiger partial charge in [0.2, 0.25) is 10.0 Å². The molecule has 0 spiro atoms. The highest BCUT2D eigenvalue weighted by molar-refractivity contribution is 7.90. The van der Waals surface area contributed by atoms with Crippen molar-refractivity contribution >= 4 is 10.0 Å². The summed E-state index contributed by atoms with van der Waals surface area (Å²) in [7, 11) is -3.10. The van der Waals surface area contributed by atoms with Gasteiger partial charge >= 0.3 is 0 Å². The van der Waals surface area contributed by atoms with E-state index in [1.54, 1.807) is 0 Å². The molecular formula is C11H21NO3S. The van der Waals surface area contributed by atoms with E-state index in [1.165, 1.54) is 0 Å². The molecule has 2 N–H and O–H groups in total. The van der Waals surface area contributed by atoms with Crippen molar-refractivity contribution in [2.75, 3.05) is 13.2 Å². The van der Waals surface area contributed by atoms with E-state index in [0.29, 0.717) is 6.54 Å². The summed E-state index contributed by atoms with van der Waals surface area (Å²) in [5.74, 6) is 0. The lowest BCUT2D eigenvalue weighted by Crippen LogP contribution is -2.36. The molecule has 0 saturated heterocycles. The van der Waals surface area contributed by atoms with E-state index < -0.39 is 10.0 Å². The van der Waals surface area contributed by atoms with Crippen molar-refractivity contribution < 1.29 is 13.5 Å². The Morgan fingerprint density at radius 2 is 1.88 bits per heavy atom. The van der Waals surface area contributed by atoms with Gasteiger partial charge in [-0.3, -0.25) is 0 Å². The maximum atomic E-state index is 11.9. The van der Waals surface area contributed by atoms with Crippen LogP contribution < -0.4 is 4.72 Å². The maximum Gasteiger partial charge on any atom is 0.214 e. The molecule has 0 radical (unpaired) electrons. The Balaban J connectivity index is 1.84. The molecule has 5 heteroatoms. The molecule has 0 aromatic carbocycles. The minimum atomic E-state index is -3.10. The number of rotatable bonds is 6. The van der Waals surface area contributed by atoms with Crippen LogP contribution in [0.4, 0.5) is 0 Å². The van der Waals surface area contributed by atoms with Crippen LogP contribution in [-0.4, -0.2) is 31.9 Å². The molecule has 94 valence electrons. The first-order valence-electron chi connectivity index (χ1n) is 6.17. The van der Waals surface area contributed by atoms with Crippen molar-refractivity contribution in [3.8, 4) is 0 Å². The zero-order valence-corrected chi connectivity index (χ0v) is 10.4. The lowest BCUT2D eigenvalue weighted by molar-refractivity contribution is 0.249. The first-order chi connectivity index (χ1) is 7.58. The normalized spacial score (nSPS) is 24.8. The number of aliphatic hydroxyl groups excluding tert-OH is 1. The SMILES string of the molecule is O=S(=O)(NCC1(CCO)CC1)C1CCCC1. The third-order valence-electron chi connectivity index (χ3n) is 3.99. The van der Waals surface area contributed by atoms with Crippen LogP contribution in [0.25, 0.3) is 0 Å². The highest BCUT2D eigenvalue weighted by Crippen LogP contribution is 2.48. The van der Waals surface area contributed by atoms with Crippen LogP contribution in [0.15, 0.2) is 0 Å². The first kappa shape index (κ1) is 12.3. The van der Waals surface area contributed by atoms with Gasteiger partial charge in [0.25, 0.3) is 0 Å². The monoisotopic (exact) mass is 247 g/mol. The predicted octanol–water partition coefficient (Wildman–Crippen LogP) is 1.01. The maximum absolute atomic E-state index is 11.9. The summed E-state index contributed by atoms with van der Waals surface area (Å²) < 4.78 is 26.6. The van der Waals surface area contributed by atoms with Crippen molar-refractivity contribution in [1.29, 1.82) is 0 Å². The van der Waals surface area contributed by atoms with E-state index in [1.807, 2.05) is 0 Å². The zero-order valence-electron chi connectivity index (χ0n) is 9.61. The molecule has 2 fully saturated rings. The summed E-state index contributed by atoms with van der Waals surface area (Å²) in [5.41, 5.74) is 0.0699. The van der Waals surface area contributed by atoms with Crippen LogP contribution in [0.3, 0.4) is 0 Å². The molecule has 0 aromatic rings. The number of aliphatic hydroxyl groups is 1. The van der Waals surface area contributed by atoms with E-state index in [2.05, 4.69) is 4.72 Å². The third kappa shape index (κ3) is 2.76. The number of hydrogen-bond donors (Lipinski definition) is 2. The molecule has 2 aliphatic rings. The summed E-state index contributed by atoms with van der Waals surface area (Å²) in [6, 6.07) is 0. The summed E-state index contributed by atoms with van der Waals surface area (Å²) >= 11 is 0. The predicted molar refractivity (Wildman–Crippen MR) is 62.5 cm³/mol. The third-order valence-corrected chi connectivity index (χ3v) is 5.88. The number of hydrogen-bond acceptors (Lipinski definition) is 3. The minimum Gasteiger partial charge on any atom is -0.396 e. The fourth-order valence-electron chi connectivity index (χ4n) is 2.50. The second kappa shape index (κ2) is 4.63.